The first kappa shape index (κ1) is 14.3. The minimum Gasteiger partial charge on any atom is -0.302 e. The number of carbonyl (C=O) groups excluding carboxylic acids is 2. The van der Waals surface area contributed by atoms with Crippen LogP contribution in [-0.4, -0.2) is 12.6 Å². The third-order valence-corrected chi connectivity index (χ3v) is 2.96. The fraction of sp³-hybridized carbons (Fsp3) is 0.846. The van der Waals surface area contributed by atoms with E-state index in [9.17, 15) is 9.59 Å². The highest BCUT2D eigenvalue weighted by molar-refractivity contribution is 5.83. The highest BCUT2D eigenvalue weighted by Crippen LogP contribution is 2.27. The van der Waals surface area contributed by atoms with Gasteiger partial charge in [0.2, 0.25) is 0 Å². The lowest BCUT2D eigenvalue weighted by atomic mass is 9.81. The van der Waals surface area contributed by atoms with Gasteiger partial charge in [0.25, 0.3) is 0 Å². The molecule has 0 aromatic rings. The average molecular weight is 212 g/mol. The van der Waals surface area contributed by atoms with Crippen LogP contribution >= 0.6 is 0 Å². The Balaban J connectivity index is 4.05. The molecule has 2 nitrogen and oxygen atoms in total. The zero-order valence-electron chi connectivity index (χ0n) is 10.1. The molecule has 0 aliphatic carbocycles. The van der Waals surface area contributed by atoms with E-state index in [0.29, 0.717) is 0 Å². The van der Waals surface area contributed by atoms with Crippen molar-refractivity contribution in [2.24, 2.45) is 5.41 Å². The summed E-state index contributed by atoms with van der Waals surface area (Å²) in [5.41, 5.74) is -0.676. The van der Waals surface area contributed by atoms with E-state index in [0.717, 1.165) is 63.9 Å². The third kappa shape index (κ3) is 5.71. The number of carbonyl (C=O) groups is 2. The van der Waals surface area contributed by atoms with Crippen LogP contribution in [0.3, 0.4) is 0 Å². The maximum Gasteiger partial charge on any atom is 0.133 e. The molecule has 0 heterocycles. The molecule has 0 saturated heterocycles. The summed E-state index contributed by atoms with van der Waals surface area (Å²) < 4.78 is 0. The summed E-state index contributed by atoms with van der Waals surface area (Å²) in [6.07, 6.45) is 9.64. The summed E-state index contributed by atoms with van der Waals surface area (Å²) in [7, 11) is 0. The Kier molecular flexibility index (Phi) is 8.25. The molecule has 0 radical (unpaired) electrons. The Labute approximate surface area is 93.4 Å². The zero-order chi connectivity index (χ0) is 11.6. The second-order valence-corrected chi connectivity index (χ2v) is 4.38. The summed E-state index contributed by atoms with van der Waals surface area (Å²) in [5.74, 6) is 0. The molecule has 0 N–H and O–H groups in total. The van der Waals surface area contributed by atoms with Crippen molar-refractivity contribution in [2.45, 2.75) is 65.2 Å². The van der Waals surface area contributed by atoms with Gasteiger partial charge in [-0.15, -0.1) is 0 Å². The number of unbranched alkanes of at least 4 members (excludes halogenated alkanes) is 4. The molecule has 2 heteroatoms. The van der Waals surface area contributed by atoms with Crippen LogP contribution in [0.25, 0.3) is 0 Å². The Bertz CT molecular complexity index is 155. The minimum absolute atomic E-state index is 0.676. The molecule has 0 saturated carbocycles. The molecule has 0 amide bonds. The molecule has 0 rings (SSSR count). The van der Waals surface area contributed by atoms with E-state index in [-0.39, 0.29) is 0 Å². The van der Waals surface area contributed by atoms with Crippen molar-refractivity contribution in [2.75, 3.05) is 0 Å². The Hall–Kier alpha value is -0.660. The molecule has 0 bridgehead atoms. The van der Waals surface area contributed by atoms with Crippen molar-refractivity contribution in [3.63, 3.8) is 0 Å². The topological polar surface area (TPSA) is 34.1 Å². The summed E-state index contributed by atoms with van der Waals surface area (Å²) in [6.45, 7) is 4.25. The van der Waals surface area contributed by atoms with Crippen molar-refractivity contribution >= 4 is 12.6 Å². The van der Waals surface area contributed by atoms with Gasteiger partial charge in [0, 0.05) is 0 Å². The van der Waals surface area contributed by atoms with Crippen molar-refractivity contribution in [1.29, 1.82) is 0 Å². The van der Waals surface area contributed by atoms with Crippen LogP contribution in [0, 0.1) is 5.41 Å². The predicted molar refractivity (Wildman–Crippen MR) is 62.8 cm³/mol. The first-order chi connectivity index (χ1) is 7.24. The van der Waals surface area contributed by atoms with E-state index in [1.807, 2.05) is 0 Å². The second kappa shape index (κ2) is 8.63. The van der Waals surface area contributed by atoms with Gasteiger partial charge < -0.3 is 9.59 Å². The molecule has 0 spiro atoms. The first-order valence-corrected chi connectivity index (χ1v) is 6.17. The molecule has 0 aromatic carbocycles. The highest BCUT2D eigenvalue weighted by Gasteiger charge is 2.27. The SMILES string of the molecule is CCCCCC(C=O)(C=O)CCCCC. The minimum atomic E-state index is -0.676. The maximum absolute atomic E-state index is 11.0. The molecular weight excluding hydrogens is 188 g/mol. The summed E-state index contributed by atoms with van der Waals surface area (Å²) in [5, 5.41) is 0. The van der Waals surface area contributed by atoms with Crippen LogP contribution in [0.4, 0.5) is 0 Å². The Morgan fingerprint density at radius 2 is 1.20 bits per heavy atom. The van der Waals surface area contributed by atoms with Crippen molar-refractivity contribution in [3.05, 3.63) is 0 Å². The molecule has 88 valence electrons. The van der Waals surface area contributed by atoms with E-state index in [4.69, 9.17) is 0 Å². The van der Waals surface area contributed by atoms with E-state index in [1.54, 1.807) is 0 Å². The summed E-state index contributed by atoms with van der Waals surface area (Å²) >= 11 is 0. The maximum atomic E-state index is 11.0. The van der Waals surface area contributed by atoms with Gasteiger partial charge in [-0.1, -0.05) is 52.4 Å². The van der Waals surface area contributed by atoms with Gasteiger partial charge in [-0.05, 0) is 12.8 Å². The van der Waals surface area contributed by atoms with Gasteiger partial charge in [-0.2, -0.15) is 0 Å². The van der Waals surface area contributed by atoms with Gasteiger partial charge >= 0.3 is 0 Å². The highest BCUT2D eigenvalue weighted by atomic mass is 16.1. The van der Waals surface area contributed by atoms with Crippen LogP contribution < -0.4 is 0 Å². The van der Waals surface area contributed by atoms with Crippen molar-refractivity contribution < 1.29 is 9.59 Å². The van der Waals surface area contributed by atoms with Crippen molar-refractivity contribution in [3.8, 4) is 0 Å². The van der Waals surface area contributed by atoms with Crippen LogP contribution in [0.2, 0.25) is 0 Å². The fourth-order valence-corrected chi connectivity index (χ4v) is 1.80. The smallest absolute Gasteiger partial charge is 0.133 e. The van der Waals surface area contributed by atoms with Crippen LogP contribution in [0.15, 0.2) is 0 Å². The summed E-state index contributed by atoms with van der Waals surface area (Å²) in [4.78, 5) is 22.0. The molecule has 15 heavy (non-hydrogen) atoms. The molecule has 0 aliphatic heterocycles. The van der Waals surface area contributed by atoms with E-state index in [2.05, 4.69) is 13.8 Å². The standard InChI is InChI=1S/C13H24O2/c1-3-5-7-9-13(11-14,12-15)10-8-6-4-2/h11-12H,3-10H2,1-2H3. The number of aldehydes is 2. The van der Waals surface area contributed by atoms with Crippen molar-refractivity contribution in [1.82, 2.24) is 0 Å². The van der Waals surface area contributed by atoms with E-state index < -0.39 is 5.41 Å². The average Bonchev–Trinajstić information content (AvgIpc) is 2.28. The lowest BCUT2D eigenvalue weighted by Gasteiger charge is -2.20. The lowest BCUT2D eigenvalue weighted by Crippen LogP contribution is -2.24. The second-order valence-electron chi connectivity index (χ2n) is 4.38. The third-order valence-electron chi connectivity index (χ3n) is 2.96. The molecule has 0 aromatic heterocycles. The van der Waals surface area contributed by atoms with E-state index >= 15 is 0 Å². The molecule has 0 fully saturated rings. The Morgan fingerprint density at radius 1 is 0.800 bits per heavy atom. The van der Waals surface area contributed by atoms with Gasteiger partial charge in [-0.3, -0.25) is 0 Å². The van der Waals surface area contributed by atoms with Crippen LogP contribution in [0.1, 0.15) is 65.2 Å². The fourth-order valence-electron chi connectivity index (χ4n) is 1.80. The molecule has 0 unspecified atom stereocenters. The van der Waals surface area contributed by atoms with Crippen LogP contribution in [-0.2, 0) is 9.59 Å². The monoisotopic (exact) mass is 212 g/mol. The molecule has 0 atom stereocenters. The van der Waals surface area contributed by atoms with Gasteiger partial charge in [0.05, 0.1) is 5.41 Å². The van der Waals surface area contributed by atoms with E-state index in [1.165, 1.54) is 0 Å². The van der Waals surface area contributed by atoms with Gasteiger partial charge in [-0.25, -0.2) is 0 Å². The normalized spacial score (nSPS) is 11.3. The zero-order valence-corrected chi connectivity index (χ0v) is 10.1. The van der Waals surface area contributed by atoms with Gasteiger partial charge in [0.1, 0.15) is 12.6 Å². The van der Waals surface area contributed by atoms with Crippen LogP contribution in [0.5, 0.6) is 0 Å². The lowest BCUT2D eigenvalue weighted by molar-refractivity contribution is -0.127. The largest absolute Gasteiger partial charge is 0.302 e. The molecule has 0 aliphatic rings. The number of hydrogen-bond acceptors (Lipinski definition) is 2. The Morgan fingerprint density at radius 3 is 1.47 bits per heavy atom. The number of rotatable bonds is 10. The quantitative estimate of drug-likeness (QED) is 0.315. The summed E-state index contributed by atoms with van der Waals surface area (Å²) in [6, 6.07) is 0. The predicted octanol–water partition coefficient (Wildman–Crippen LogP) is 3.53. The number of hydrogen-bond donors (Lipinski definition) is 0. The first-order valence-electron chi connectivity index (χ1n) is 6.17. The molecular formula is C13H24O2. The van der Waals surface area contributed by atoms with Gasteiger partial charge in [0.15, 0.2) is 0 Å².